The van der Waals surface area contributed by atoms with Gasteiger partial charge in [0.25, 0.3) is 0 Å². The summed E-state index contributed by atoms with van der Waals surface area (Å²) in [5.74, 6) is 0. The van der Waals surface area contributed by atoms with E-state index >= 15 is 0 Å². The Kier molecular flexibility index (Phi) is 5.83. The number of rotatable bonds is 6. The fourth-order valence-electron chi connectivity index (χ4n) is 2.35. The number of likely N-dealkylation sites (N-methyl/N-ethyl adjacent to an activating group) is 1. The third kappa shape index (κ3) is 5.29. The highest BCUT2D eigenvalue weighted by Crippen LogP contribution is 2.35. The predicted molar refractivity (Wildman–Crippen MR) is 82.0 cm³/mol. The van der Waals surface area contributed by atoms with E-state index in [0.717, 1.165) is 6.54 Å². The van der Waals surface area contributed by atoms with E-state index < -0.39 is 5.60 Å². The van der Waals surface area contributed by atoms with E-state index in [-0.39, 0.29) is 12.1 Å². The van der Waals surface area contributed by atoms with Crippen molar-refractivity contribution in [1.29, 1.82) is 0 Å². The quantitative estimate of drug-likeness (QED) is 0.783. The normalized spacial score (nSPS) is 19.4. The molecule has 0 radical (unpaired) electrons. The molecular weight excluding hydrogens is 254 g/mol. The highest BCUT2D eigenvalue weighted by molar-refractivity contribution is 5.67. The molecule has 1 unspecified atom stereocenters. The number of nitrogens with zero attached hydrogens (tertiary/aromatic N) is 1. The van der Waals surface area contributed by atoms with Gasteiger partial charge in [-0.2, -0.15) is 0 Å². The minimum Gasteiger partial charge on any atom is -0.444 e. The fourth-order valence-corrected chi connectivity index (χ4v) is 2.35. The van der Waals surface area contributed by atoms with Crippen molar-refractivity contribution in [3.8, 4) is 0 Å². The number of alkyl carbamates (subject to hydrolysis) is 1. The molecule has 0 heterocycles. The zero-order valence-electron chi connectivity index (χ0n) is 13.9. The van der Waals surface area contributed by atoms with Crippen LogP contribution in [0.2, 0.25) is 0 Å². The van der Waals surface area contributed by atoms with Crippen LogP contribution in [0.5, 0.6) is 0 Å². The van der Waals surface area contributed by atoms with Crippen molar-refractivity contribution in [3.63, 3.8) is 0 Å². The molecule has 1 saturated carbocycles. The standard InChI is InChI=1S/C15H31N3O2/c1-12(10-16-13(19)20-14(2,3)4)17-11-15(18(5)6)8-7-9-15/h12,17H,7-11H2,1-6H3,(H,16,19). The first kappa shape index (κ1) is 17.2. The van der Waals surface area contributed by atoms with Gasteiger partial charge in [-0.25, -0.2) is 4.79 Å². The molecule has 20 heavy (non-hydrogen) atoms. The van der Waals surface area contributed by atoms with E-state index in [0.29, 0.717) is 12.1 Å². The molecule has 1 amide bonds. The number of hydrogen-bond acceptors (Lipinski definition) is 4. The first-order valence-corrected chi connectivity index (χ1v) is 7.52. The maximum absolute atomic E-state index is 11.6. The highest BCUT2D eigenvalue weighted by Gasteiger charge is 2.38. The lowest BCUT2D eigenvalue weighted by molar-refractivity contribution is 0.0502. The van der Waals surface area contributed by atoms with Crippen molar-refractivity contribution in [3.05, 3.63) is 0 Å². The molecule has 0 aromatic carbocycles. The van der Waals surface area contributed by atoms with Crippen LogP contribution >= 0.6 is 0 Å². The molecule has 1 fully saturated rings. The second kappa shape index (κ2) is 6.76. The molecule has 1 atom stereocenters. The smallest absolute Gasteiger partial charge is 0.407 e. The van der Waals surface area contributed by atoms with Crippen LogP contribution in [0.15, 0.2) is 0 Å². The van der Waals surface area contributed by atoms with Gasteiger partial charge >= 0.3 is 6.09 Å². The third-order valence-corrected chi connectivity index (χ3v) is 3.96. The Morgan fingerprint density at radius 1 is 1.35 bits per heavy atom. The second-order valence-electron chi connectivity index (χ2n) is 7.14. The van der Waals surface area contributed by atoms with Gasteiger partial charge in [0.2, 0.25) is 0 Å². The molecule has 0 aromatic heterocycles. The monoisotopic (exact) mass is 285 g/mol. The van der Waals surface area contributed by atoms with E-state index in [1.165, 1.54) is 19.3 Å². The highest BCUT2D eigenvalue weighted by atomic mass is 16.6. The molecule has 5 heteroatoms. The fraction of sp³-hybridized carbons (Fsp3) is 0.933. The summed E-state index contributed by atoms with van der Waals surface area (Å²) in [5.41, 5.74) is -0.137. The average Bonchev–Trinajstić information content (AvgIpc) is 2.22. The maximum Gasteiger partial charge on any atom is 0.407 e. The van der Waals surface area contributed by atoms with Gasteiger partial charge in [-0.1, -0.05) is 0 Å². The SMILES string of the molecule is CC(CNC(=O)OC(C)(C)C)NCC1(N(C)C)CCC1. The number of carbonyl (C=O) groups excluding carboxylic acids is 1. The van der Waals surface area contributed by atoms with Crippen molar-refractivity contribution in [1.82, 2.24) is 15.5 Å². The zero-order valence-corrected chi connectivity index (χ0v) is 13.9. The first-order chi connectivity index (χ1) is 9.15. The second-order valence-corrected chi connectivity index (χ2v) is 7.14. The summed E-state index contributed by atoms with van der Waals surface area (Å²) in [4.78, 5) is 13.9. The van der Waals surface area contributed by atoms with Gasteiger partial charge in [0, 0.05) is 24.7 Å². The van der Waals surface area contributed by atoms with Crippen LogP contribution < -0.4 is 10.6 Å². The van der Waals surface area contributed by atoms with Gasteiger partial charge in [0.05, 0.1) is 0 Å². The number of hydrogen-bond donors (Lipinski definition) is 2. The third-order valence-electron chi connectivity index (χ3n) is 3.96. The van der Waals surface area contributed by atoms with Crippen molar-refractivity contribution in [2.45, 2.75) is 64.1 Å². The minimum atomic E-state index is -0.443. The van der Waals surface area contributed by atoms with Gasteiger partial charge in [0.15, 0.2) is 0 Å². The largest absolute Gasteiger partial charge is 0.444 e. The van der Waals surface area contributed by atoms with E-state index in [1.54, 1.807) is 0 Å². The first-order valence-electron chi connectivity index (χ1n) is 7.52. The van der Waals surface area contributed by atoms with Crippen LogP contribution in [0.4, 0.5) is 4.79 Å². The van der Waals surface area contributed by atoms with Gasteiger partial charge in [-0.3, -0.25) is 0 Å². The van der Waals surface area contributed by atoms with Gasteiger partial charge in [-0.05, 0) is 61.1 Å². The molecule has 1 rings (SSSR count). The Labute approximate surface area is 123 Å². The summed E-state index contributed by atoms with van der Waals surface area (Å²) in [7, 11) is 4.29. The molecule has 1 aliphatic rings. The Morgan fingerprint density at radius 3 is 2.35 bits per heavy atom. The molecule has 0 aliphatic heterocycles. The van der Waals surface area contributed by atoms with Gasteiger partial charge in [-0.15, -0.1) is 0 Å². The molecule has 0 bridgehead atoms. The minimum absolute atomic E-state index is 0.236. The summed E-state index contributed by atoms with van der Waals surface area (Å²) < 4.78 is 5.22. The van der Waals surface area contributed by atoms with Crippen LogP contribution in [0, 0.1) is 0 Å². The number of nitrogens with one attached hydrogen (secondary N) is 2. The summed E-state index contributed by atoms with van der Waals surface area (Å²) in [5, 5.41) is 6.32. The summed E-state index contributed by atoms with van der Waals surface area (Å²) in [6.45, 7) is 9.23. The summed E-state index contributed by atoms with van der Waals surface area (Å²) >= 11 is 0. The molecule has 118 valence electrons. The Morgan fingerprint density at radius 2 is 1.95 bits per heavy atom. The Bertz CT molecular complexity index is 320. The van der Waals surface area contributed by atoms with Gasteiger partial charge < -0.3 is 20.3 Å². The lowest BCUT2D eigenvalue weighted by Gasteiger charge is -2.48. The van der Waals surface area contributed by atoms with Crippen molar-refractivity contribution >= 4 is 6.09 Å². The summed E-state index contributed by atoms with van der Waals surface area (Å²) in [6.07, 6.45) is 3.46. The van der Waals surface area contributed by atoms with Crippen molar-refractivity contribution in [2.24, 2.45) is 0 Å². The van der Waals surface area contributed by atoms with Crippen LogP contribution in [0.25, 0.3) is 0 Å². The molecule has 0 aromatic rings. The van der Waals surface area contributed by atoms with Gasteiger partial charge in [0.1, 0.15) is 5.60 Å². The predicted octanol–water partition coefficient (Wildman–Crippen LogP) is 1.97. The molecule has 1 aliphatic carbocycles. The molecule has 0 spiro atoms. The number of amides is 1. The Hall–Kier alpha value is -0.810. The molecule has 5 nitrogen and oxygen atoms in total. The van der Waals surface area contributed by atoms with Crippen molar-refractivity contribution in [2.75, 3.05) is 27.2 Å². The zero-order chi connectivity index (χ0) is 15.4. The van der Waals surface area contributed by atoms with Crippen molar-refractivity contribution < 1.29 is 9.53 Å². The van der Waals surface area contributed by atoms with E-state index in [2.05, 4.69) is 36.6 Å². The Balaban J connectivity index is 2.24. The van der Waals surface area contributed by atoms with E-state index in [1.807, 2.05) is 20.8 Å². The number of carbonyl (C=O) groups is 1. The molecular formula is C15H31N3O2. The topological polar surface area (TPSA) is 53.6 Å². The van der Waals surface area contributed by atoms with E-state index in [9.17, 15) is 4.79 Å². The average molecular weight is 285 g/mol. The van der Waals surface area contributed by atoms with Crippen LogP contribution in [-0.4, -0.2) is 55.4 Å². The maximum atomic E-state index is 11.6. The lowest BCUT2D eigenvalue weighted by Crippen LogP contribution is -2.58. The molecule has 0 saturated heterocycles. The van der Waals surface area contributed by atoms with Crippen LogP contribution in [-0.2, 0) is 4.74 Å². The van der Waals surface area contributed by atoms with E-state index in [4.69, 9.17) is 4.74 Å². The number of ether oxygens (including phenoxy) is 1. The molecule has 2 N–H and O–H groups in total. The van der Waals surface area contributed by atoms with Crippen LogP contribution in [0.1, 0.15) is 47.0 Å². The summed E-state index contributed by atoms with van der Waals surface area (Å²) in [6, 6.07) is 0.236. The van der Waals surface area contributed by atoms with Crippen LogP contribution in [0.3, 0.4) is 0 Å². The lowest BCUT2D eigenvalue weighted by atomic mass is 9.75.